The zero-order valence-corrected chi connectivity index (χ0v) is 9.52. The van der Waals surface area contributed by atoms with Crippen LogP contribution in [-0.4, -0.2) is 18.8 Å². The molecule has 1 aromatic carbocycles. The van der Waals surface area contributed by atoms with Crippen LogP contribution in [-0.2, 0) is 0 Å². The molecule has 0 amide bonds. The van der Waals surface area contributed by atoms with Crippen LogP contribution in [0.4, 0.5) is 27.6 Å². The van der Waals surface area contributed by atoms with Gasteiger partial charge in [0.25, 0.3) is 0 Å². The van der Waals surface area contributed by atoms with Crippen LogP contribution in [0.3, 0.4) is 0 Å². The molecule has 0 aliphatic rings. The molecule has 0 heterocycles. The largest absolute Gasteiger partial charge is 0.499 e. The molecule has 0 atom stereocenters. The lowest BCUT2D eigenvalue weighted by atomic mass is 10.3. The van der Waals surface area contributed by atoms with Crippen molar-refractivity contribution in [2.75, 3.05) is 11.9 Å². The third kappa shape index (κ3) is 3.75. The summed E-state index contributed by atoms with van der Waals surface area (Å²) >= 11 is 0. The van der Waals surface area contributed by atoms with Crippen molar-refractivity contribution in [2.45, 2.75) is 25.6 Å². The molecule has 1 N–H and O–H groups in total. The van der Waals surface area contributed by atoms with Gasteiger partial charge in [-0.2, -0.15) is 22.0 Å². The number of hydrogen-bond acceptors (Lipinski definition) is 2. The molecule has 0 spiro atoms. The van der Waals surface area contributed by atoms with Gasteiger partial charge in [0.15, 0.2) is 0 Å². The van der Waals surface area contributed by atoms with E-state index in [1.165, 1.54) is 6.07 Å². The normalized spacial score (nSPS) is 12.3. The van der Waals surface area contributed by atoms with Crippen molar-refractivity contribution >= 4 is 5.69 Å². The molecular formula is C11H12F5NO. The maximum Gasteiger partial charge on any atom is 0.499 e. The van der Waals surface area contributed by atoms with Crippen molar-refractivity contribution in [1.29, 1.82) is 0 Å². The highest BCUT2D eigenvalue weighted by Gasteiger charge is 2.61. The van der Waals surface area contributed by atoms with Crippen LogP contribution in [0.15, 0.2) is 24.3 Å². The average molecular weight is 269 g/mol. The molecule has 0 fully saturated rings. The van der Waals surface area contributed by atoms with Crippen LogP contribution >= 0.6 is 0 Å². The summed E-state index contributed by atoms with van der Waals surface area (Å²) in [5.74, 6) is -0.543. The van der Waals surface area contributed by atoms with Gasteiger partial charge in [-0.3, -0.25) is 0 Å². The molecule has 102 valence electrons. The molecule has 0 aliphatic heterocycles. The molecule has 1 aromatic rings. The summed E-state index contributed by atoms with van der Waals surface area (Å²) in [5, 5.41) is 2.85. The number of hydrogen-bond donors (Lipinski definition) is 1. The topological polar surface area (TPSA) is 21.3 Å². The Bertz CT molecular complexity index is 391. The highest BCUT2D eigenvalue weighted by atomic mass is 19.4. The van der Waals surface area contributed by atoms with Crippen molar-refractivity contribution in [2.24, 2.45) is 0 Å². The van der Waals surface area contributed by atoms with Crippen LogP contribution in [0, 0.1) is 0 Å². The minimum atomic E-state index is -5.74. The van der Waals surface area contributed by atoms with E-state index < -0.39 is 18.0 Å². The first-order valence-electron chi connectivity index (χ1n) is 5.24. The minimum Gasteiger partial charge on any atom is -0.426 e. The maximum absolute atomic E-state index is 12.6. The van der Waals surface area contributed by atoms with Gasteiger partial charge in [-0.1, -0.05) is 13.0 Å². The van der Waals surface area contributed by atoms with E-state index in [0.29, 0.717) is 12.2 Å². The van der Waals surface area contributed by atoms with E-state index in [-0.39, 0.29) is 0 Å². The molecule has 1 rings (SSSR count). The Balaban J connectivity index is 2.79. The van der Waals surface area contributed by atoms with Crippen LogP contribution < -0.4 is 10.1 Å². The van der Waals surface area contributed by atoms with Crippen LogP contribution in [0.1, 0.15) is 13.3 Å². The monoisotopic (exact) mass is 269 g/mol. The predicted octanol–water partition coefficient (Wildman–Crippen LogP) is 4.04. The molecule has 0 aliphatic carbocycles. The minimum absolute atomic E-state index is 0.423. The Labute approximate surface area is 101 Å². The summed E-state index contributed by atoms with van der Waals surface area (Å²) in [6.07, 6.45) is -10.1. The molecule has 0 radical (unpaired) electrons. The Hall–Kier alpha value is -1.53. The van der Waals surface area contributed by atoms with Gasteiger partial charge in [0.05, 0.1) is 0 Å². The van der Waals surface area contributed by atoms with Gasteiger partial charge in [-0.15, -0.1) is 0 Å². The quantitative estimate of drug-likeness (QED) is 0.814. The first kappa shape index (κ1) is 14.5. The average Bonchev–Trinajstić information content (AvgIpc) is 2.24. The fourth-order valence-corrected chi connectivity index (χ4v) is 1.14. The zero-order valence-electron chi connectivity index (χ0n) is 9.52. The zero-order chi connectivity index (χ0) is 13.8. The SMILES string of the molecule is CCCNc1cccc(OC(F)(F)C(F)(F)F)c1. The van der Waals surface area contributed by atoms with E-state index in [1.807, 2.05) is 6.92 Å². The second-order valence-electron chi connectivity index (χ2n) is 3.57. The van der Waals surface area contributed by atoms with E-state index in [2.05, 4.69) is 10.1 Å². The van der Waals surface area contributed by atoms with Gasteiger partial charge in [-0.05, 0) is 18.6 Å². The summed E-state index contributed by atoms with van der Waals surface area (Å²) in [4.78, 5) is 0. The molecule has 0 saturated carbocycles. The van der Waals surface area contributed by atoms with E-state index in [4.69, 9.17) is 0 Å². The van der Waals surface area contributed by atoms with Gasteiger partial charge >= 0.3 is 12.3 Å². The van der Waals surface area contributed by atoms with Gasteiger partial charge in [0, 0.05) is 18.3 Å². The number of halogens is 5. The summed E-state index contributed by atoms with van der Waals surface area (Å²) in [7, 11) is 0. The number of anilines is 1. The standard InChI is InChI=1S/C11H12F5NO/c1-2-6-17-8-4-3-5-9(7-8)18-11(15,16)10(12,13)14/h3-5,7,17H,2,6H2,1H3. The second-order valence-corrected chi connectivity index (χ2v) is 3.57. The molecular weight excluding hydrogens is 257 g/mol. The summed E-state index contributed by atoms with van der Waals surface area (Å²) in [6.45, 7) is 2.48. The second kappa shape index (κ2) is 5.41. The first-order chi connectivity index (χ1) is 8.26. The van der Waals surface area contributed by atoms with Gasteiger partial charge in [0.2, 0.25) is 0 Å². The molecule has 2 nitrogen and oxygen atoms in total. The van der Waals surface area contributed by atoms with Crippen LogP contribution in [0.25, 0.3) is 0 Å². The van der Waals surface area contributed by atoms with Crippen LogP contribution in [0.5, 0.6) is 5.75 Å². The van der Waals surface area contributed by atoms with Gasteiger partial charge in [0.1, 0.15) is 5.75 Å². The first-order valence-corrected chi connectivity index (χ1v) is 5.24. The van der Waals surface area contributed by atoms with Crippen molar-refractivity contribution in [3.05, 3.63) is 24.3 Å². The number of alkyl halides is 5. The van der Waals surface area contributed by atoms with Crippen LogP contribution in [0.2, 0.25) is 0 Å². The molecule has 0 aromatic heterocycles. The Kier molecular flexibility index (Phi) is 4.37. The van der Waals surface area contributed by atoms with Gasteiger partial charge in [-0.25, -0.2) is 0 Å². The van der Waals surface area contributed by atoms with E-state index in [1.54, 1.807) is 6.07 Å². The van der Waals surface area contributed by atoms with E-state index in [9.17, 15) is 22.0 Å². The van der Waals surface area contributed by atoms with Gasteiger partial charge < -0.3 is 10.1 Å². The number of nitrogens with one attached hydrogen (secondary N) is 1. The smallest absolute Gasteiger partial charge is 0.426 e. The van der Waals surface area contributed by atoms with E-state index in [0.717, 1.165) is 18.6 Å². The highest BCUT2D eigenvalue weighted by Crippen LogP contribution is 2.37. The molecule has 0 unspecified atom stereocenters. The highest BCUT2D eigenvalue weighted by molar-refractivity contribution is 5.48. The molecule has 7 heteroatoms. The summed E-state index contributed by atoms with van der Waals surface area (Å²) in [6, 6.07) is 5.01. The maximum atomic E-state index is 12.6. The fourth-order valence-electron chi connectivity index (χ4n) is 1.14. The summed E-state index contributed by atoms with van der Waals surface area (Å²) < 4.78 is 64.7. The molecule has 0 saturated heterocycles. The molecule has 18 heavy (non-hydrogen) atoms. The van der Waals surface area contributed by atoms with Crippen molar-refractivity contribution in [3.8, 4) is 5.75 Å². The number of ether oxygens (including phenoxy) is 1. The lowest BCUT2D eigenvalue weighted by Crippen LogP contribution is -2.41. The Morgan fingerprint density at radius 1 is 1.17 bits per heavy atom. The lowest BCUT2D eigenvalue weighted by Gasteiger charge is -2.20. The van der Waals surface area contributed by atoms with Crippen molar-refractivity contribution in [1.82, 2.24) is 0 Å². The number of rotatable bonds is 5. The third-order valence-corrected chi connectivity index (χ3v) is 1.99. The number of benzene rings is 1. The fraction of sp³-hybridized carbons (Fsp3) is 0.455. The molecule has 0 bridgehead atoms. The lowest BCUT2D eigenvalue weighted by molar-refractivity contribution is -0.360. The Morgan fingerprint density at radius 3 is 2.39 bits per heavy atom. The third-order valence-electron chi connectivity index (χ3n) is 1.99. The van der Waals surface area contributed by atoms with E-state index >= 15 is 0 Å². The van der Waals surface area contributed by atoms with Crippen molar-refractivity contribution in [3.63, 3.8) is 0 Å². The predicted molar refractivity (Wildman–Crippen MR) is 56.9 cm³/mol. The summed E-state index contributed by atoms with van der Waals surface area (Å²) in [5.41, 5.74) is 0.423. The van der Waals surface area contributed by atoms with Crippen molar-refractivity contribution < 1.29 is 26.7 Å². The Morgan fingerprint density at radius 2 is 1.83 bits per heavy atom.